The summed E-state index contributed by atoms with van der Waals surface area (Å²) in [6.07, 6.45) is 0.0337. The molecule has 2 aliphatic heterocycles. The summed E-state index contributed by atoms with van der Waals surface area (Å²) >= 11 is 6.24. The molecule has 2 aliphatic rings. The van der Waals surface area contributed by atoms with Crippen molar-refractivity contribution >= 4 is 46.4 Å². The van der Waals surface area contributed by atoms with E-state index in [0.29, 0.717) is 33.6 Å². The Bertz CT molecular complexity index is 1040. The third-order valence-corrected chi connectivity index (χ3v) is 5.55. The smallest absolute Gasteiger partial charge is 0.244 e. The van der Waals surface area contributed by atoms with Crippen molar-refractivity contribution in [3.63, 3.8) is 0 Å². The van der Waals surface area contributed by atoms with Crippen molar-refractivity contribution in [1.82, 2.24) is 0 Å². The number of fused-ring (bicyclic) bond motifs is 1. The summed E-state index contributed by atoms with van der Waals surface area (Å²) in [6.45, 7) is 0.0786. The van der Waals surface area contributed by atoms with Crippen molar-refractivity contribution in [1.29, 1.82) is 0 Å². The van der Waals surface area contributed by atoms with E-state index < -0.39 is 5.92 Å². The average Bonchev–Trinajstić information content (AvgIpc) is 3.13. The Kier molecular flexibility index (Phi) is 5.26. The van der Waals surface area contributed by atoms with E-state index in [4.69, 9.17) is 21.1 Å². The molecule has 0 bridgehead atoms. The van der Waals surface area contributed by atoms with E-state index in [1.54, 1.807) is 36.4 Å². The Labute approximate surface area is 178 Å². The number of para-hydroxylation sites is 2. The van der Waals surface area contributed by atoms with E-state index in [1.165, 1.54) is 24.0 Å². The molecule has 0 unspecified atom stereocenters. The van der Waals surface area contributed by atoms with E-state index >= 15 is 0 Å². The highest BCUT2D eigenvalue weighted by Gasteiger charge is 2.40. The molecular weight excluding hydrogens is 410 g/mol. The number of anilines is 3. The van der Waals surface area contributed by atoms with Gasteiger partial charge in [0.15, 0.2) is 0 Å². The molecule has 156 valence electrons. The normalized spacial score (nSPS) is 18.2. The summed E-state index contributed by atoms with van der Waals surface area (Å²) in [5.41, 5.74) is 1.67. The molecule has 0 saturated carbocycles. The van der Waals surface area contributed by atoms with Gasteiger partial charge in [0, 0.05) is 19.0 Å². The Morgan fingerprint density at radius 1 is 1.10 bits per heavy atom. The van der Waals surface area contributed by atoms with Crippen LogP contribution in [0.3, 0.4) is 0 Å². The highest BCUT2D eigenvalue weighted by atomic mass is 35.5. The Hall–Kier alpha value is -3.26. The SMILES string of the molecule is COc1cc(OC)c(N2C[C@@H](C(=O)N3CC(=O)Nc4ccccc43)CC2=O)cc1Cl. The number of amides is 3. The maximum Gasteiger partial charge on any atom is 0.244 e. The number of hydrogen-bond acceptors (Lipinski definition) is 5. The maximum atomic E-state index is 13.2. The number of hydrogen-bond donors (Lipinski definition) is 1. The quantitative estimate of drug-likeness (QED) is 0.807. The molecule has 2 aromatic rings. The molecular formula is C21H20ClN3O5. The van der Waals surface area contributed by atoms with Gasteiger partial charge in [0.1, 0.15) is 18.0 Å². The maximum absolute atomic E-state index is 13.2. The topological polar surface area (TPSA) is 88.2 Å². The molecule has 0 aliphatic carbocycles. The molecule has 9 heteroatoms. The zero-order valence-electron chi connectivity index (χ0n) is 16.5. The van der Waals surface area contributed by atoms with Gasteiger partial charge in [-0.25, -0.2) is 0 Å². The minimum atomic E-state index is -0.595. The van der Waals surface area contributed by atoms with Crippen molar-refractivity contribution < 1.29 is 23.9 Å². The van der Waals surface area contributed by atoms with Gasteiger partial charge in [-0.1, -0.05) is 23.7 Å². The van der Waals surface area contributed by atoms with Gasteiger partial charge in [0.2, 0.25) is 17.7 Å². The number of halogens is 1. The van der Waals surface area contributed by atoms with Crippen molar-refractivity contribution in [2.75, 3.05) is 42.4 Å². The molecule has 2 heterocycles. The summed E-state index contributed by atoms with van der Waals surface area (Å²) in [6, 6.07) is 10.3. The van der Waals surface area contributed by atoms with Gasteiger partial charge in [-0.15, -0.1) is 0 Å². The molecule has 4 rings (SSSR count). The van der Waals surface area contributed by atoms with Crippen LogP contribution in [0.25, 0.3) is 0 Å². The molecule has 2 aromatic carbocycles. The third-order valence-electron chi connectivity index (χ3n) is 5.26. The van der Waals surface area contributed by atoms with E-state index in [1.807, 2.05) is 0 Å². The first kappa shape index (κ1) is 20.0. The molecule has 1 atom stereocenters. The van der Waals surface area contributed by atoms with Crippen molar-refractivity contribution in [3.05, 3.63) is 41.4 Å². The van der Waals surface area contributed by atoms with Crippen molar-refractivity contribution in [2.45, 2.75) is 6.42 Å². The number of benzene rings is 2. The fraction of sp³-hybridized carbons (Fsp3) is 0.286. The van der Waals surface area contributed by atoms with E-state index in [0.717, 1.165) is 0 Å². The number of rotatable bonds is 4. The lowest BCUT2D eigenvalue weighted by atomic mass is 10.1. The fourth-order valence-electron chi connectivity index (χ4n) is 3.81. The standard InChI is InChI=1S/C21H20ClN3O5/c1-29-17-9-18(30-2)16(8-13(17)22)24-10-12(7-20(24)27)21(28)25-11-19(26)23-14-5-3-4-6-15(14)25/h3-6,8-9,12H,7,10-11H2,1-2H3,(H,23,26)/t12-/m0/s1. The summed E-state index contributed by atoms with van der Waals surface area (Å²) in [5, 5.41) is 3.09. The van der Waals surface area contributed by atoms with Gasteiger partial charge in [0.25, 0.3) is 0 Å². The minimum Gasteiger partial charge on any atom is -0.495 e. The Balaban J connectivity index is 1.61. The molecule has 30 heavy (non-hydrogen) atoms. The predicted molar refractivity (Wildman–Crippen MR) is 112 cm³/mol. The first-order chi connectivity index (χ1) is 14.4. The van der Waals surface area contributed by atoms with E-state index in [9.17, 15) is 14.4 Å². The van der Waals surface area contributed by atoms with Gasteiger partial charge >= 0.3 is 0 Å². The van der Waals surface area contributed by atoms with Gasteiger partial charge in [-0.2, -0.15) is 0 Å². The molecule has 1 N–H and O–H groups in total. The van der Waals surface area contributed by atoms with Crippen molar-refractivity contribution in [2.24, 2.45) is 5.92 Å². The van der Waals surface area contributed by atoms with Gasteiger partial charge in [0.05, 0.1) is 42.2 Å². The second kappa shape index (κ2) is 7.87. The summed E-state index contributed by atoms with van der Waals surface area (Å²) in [5.74, 6) is -0.518. The average molecular weight is 430 g/mol. The molecule has 3 amide bonds. The van der Waals surface area contributed by atoms with Crippen LogP contribution in [-0.2, 0) is 14.4 Å². The van der Waals surface area contributed by atoms with Crippen molar-refractivity contribution in [3.8, 4) is 11.5 Å². The fourth-order valence-corrected chi connectivity index (χ4v) is 4.05. The first-order valence-corrected chi connectivity index (χ1v) is 9.73. The van der Waals surface area contributed by atoms with Crippen LogP contribution in [0.5, 0.6) is 11.5 Å². The van der Waals surface area contributed by atoms with Crippen LogP contribution >= 0.6 is 11.6 Å². The van der Waals surface area contributed by atoms with Crippen LogP contribution in [0.1, 0.15) is 6.42 Å². The lowest BCUT2D eigenvalue weighted by molar-refractivity contribution is -0.125. The second-order valence-corrected chi connectivity index (χ2v) is 7.46. The van der Waals surface area contributed by atoms with E-state index in [-0.39, 0.29) is 37.2 Å². The van der Waals surface area contributed by atoms with Gasteiger partial charge < -0.3 is 24.6 Å². The van der Waals surface area contributed by atoms with Gasteiger partial charge in [-0.3, -0.25) is 14.4 Å². The number of methoxy groups -OCH3 is 2. The minimum absolute atomic E-state index is 0.0337. The number of carbonyl (C=O) groups excluding carboxylic acids is 3. The lowest BCUT2D eigenvalue weighted by Crippen LogP contribution is -2.45. The van der Waals surface area contributed by atoms with Gasteiger partial charge in [-0.05, 0) is 18.2 Å². The summed E-state index contributed by atoms with van der Waals surface area (Å²) in [7, 11) is 2.97. The third kappa shape index (κ3) is 3.43. The van der Waals surface area contributed by atoms with Crippen LogP contribution in [0, 0.1) is 5.92 Å². The second-order valence-electron chi connectivity index (χ2n) is 7.05. The Morgan fingerprint density at radius 3 is 2.57 bits per heavy atom. The predicted octanol–water partition coefficient (Wildman–Crippen LogP) is 2.70. The zero-order chi connectivity index (χ0) is 21.4. The van der Waals surface area contributed by atoms with Crippen LogP contribution < -0.4 is 24.6 Å². The van der Waals surface area contributed by atoms with Crippen LogP contribution in [0.2, 0.25) is 5.02 Å². The monoisotopic (exact) mass is 429 g/mol. The molecule has 1 fully saturated rings. The zero-order valence-corrected chi connectivity index (χ0v) is 17.2. The summed E-state index contributed by atoms with van der Waals surface area (Å²) < 4.78 is 10.6. The molecule has 8 nitrogen and oxygen atoms in total. The number of nitrogens with one attached hydrogen (secondary N) is 1. The molecule has 0 spiro atoms. The van der Waals surface area contributed by atoms with E-state index in [2.05, 4.69) is 5.32 Å². The Morgan fingerprint density at radius 2 is 1.83 bits per heavy atom. The highest BCUT2D eigenvalue weighted by Crippen LogP contribution is 2.41. The van der Waals surface area contributed by atoms with Crippen LogP contribution in [0.15, 0.2) is 36.4 Å². The lowest BCUT2D eigenvalue weighted by Gasteiger charge is -2.31. The largest absolute Gasteiger partial charge is 0.495 e. The number of nitrogens with zero attached hydrogens (tertiary/aromatic N) is 2. The van der Waals surface area contributed by atoms with Crippen LogP contribution in [-0.4, -0.2) is 45.0 Å². The van der Waals surface area contributed by atoms with Crippen LogP contribution in [0.4, 0.5) is 17.1 Å². The molecule has 1 saturated heterocycles. The molecule has 0 radical (unpaired) electrons. The highest BCUT2D eigenvalue weighted by molar-refractivity contribution is 6.32. The first-order valence-electron chi connectivity index (χ1n) is 9.35. The summed E-state index contributed by atoms with van der Waals surface area (Å²) in [4.78, 5) is 41.0. The molecule has 0 aromatic heterocycles. The number of carbonyl (C=O) groups is 3. The number of ether oxygens (including phenoxy) is 2.